The smallest absolute Gasteiger partial charge is 0.247 e. The number of nitrogens with one attached hydrogen (secondary N) is 1. The average molecular weight is 375 g/mol. The summed E-state index contributed by atoms with van der Waals surface area (Å²) in [5, 5.41) is 2.80. The Morgan fingerprint density at radius 3 is 2.15 bits per heavy atom. The molecule has 5 nitrogen and oxygen atoms in total. The van der Waals surface area contributed by atoms with Crippen molar-refractivity contribution in [1.82, 2.24) is 0 Å². The minimum Gasteiger partial charge on any atom is -0.324 e. The van der Waals surface area contributed by atoms with Crippen LogP contribution in [0.3, 0.4) is 0 Å². The Labute approximate surface area is 156 Å². The second-order valence-corrected chi connectivity index (χ2v) is 8.70. The molecule has 0 aromatic heterocycles. The highest BCUT2D eigenvalue weighted by molar-refractivity contribution is 7.92. The van der Waals surface area contributed by atoms with Crippen molar-refractivity contribution in [2.45, 2.75) is 39.7 Å². The van der Waals surface area contributed by atoms with E-state index in [4.69, 9.17) is 0 Å². The Hall–Kier alpha value is -2.34. The molecule has 26 heavy (non-hydrogen) atoms. The monoisotopic (exact) mass is 374 g/mol. The van der Waals surface area contributed by atoms with Gasteiger partial charge in [-0.05, 0) is 55.2 Å². The normalized spacial score (nSPS) is 12.7. The van der Waals surface area contributed by atoms with Gasteiger partial charge in [-0.2, -0.15) is 0 Å². The molecule has 0 radical (unpaired) electrons. The maximum atomic E-state index is 12.7. The third-order valence-corrected chi connectivity index (χ3v) is 5.43. The van der Waals surface area contributed by atoms with Crippen molar-refractivity contribution >= 4 is 27.3 Å². The molecule has 2 rings (SSSR count). The fraction of sp³-hybridized carbons (Fsp3) is 0.350. The van der Waals surface area contributed by atoms with Gasteiger partial charge < -0.3 is 5.32 Å². The van der Waals surface area contributed by atoms with Gasteiger partial charge in [0.05, 0.1) is 11.9 Å². The van der Waals surface area contributed by atoms with Crippen LogP contribution in [0.5, 0.6) is 0 Å². The number of hydrogen-bond donors (Lipinski definition) is 1. The minimum atomic E-state index is -3.62. The van der Waals surface area contributed by atoms with E-state index in [1.54, 1.807) is 25.1 Å². The van der Waals surface area contributed by atoms with Gasteiger partial charge in [0, 0.05) is 5.69 Å². The van der Waals surface area contributed by atoms with Crippen LogP contribution in [-0.2, 0) is 14.8 Å². The summed E-state index contributed by atoms with van der Waals surface area (Å²) in [4.78, 5) is 12.7. The van der Waals surface area contributed by atoms with Crippen molar-refractivity contribution in [2.24, 2.45) is 0 Å². The molecule has 0 aliphatic carbocycles. The standard InChI is InChI=1S/C20H26N2O3S/c1-14(2)17-9-11-18(12-10-17)21-20(23)16(4)22(26(5,24)25)19-8-6-7-15(3)13-19/h6-14,16H,1-5H3,(H,21,23). The number of aryl methyl sites for hydroxylation is 1. The van der Waals surface area contributed by atoms with Gasteiger partial charge >= 0.3 is 0 Å². The Morgan fingerprint density at radius 1 is 1.04 bits per heavy atom. The third kappa shape index (κ3) is 4.85. The number of carbonyl (C=O) groups is 1. The highest BCUT2D eigenvalue weighted by atomic mass is 32.2. The molecule has 0 saturated heterocycles. The first-order valence-electron chi connectivity index (χ1n) is 8.56. The van der Waals surface area contributed by atoms with Gasteiger partial charge in [0.25, 0.3) is 0 Å². The summed E-state index contributed by atoms with van der Waals surface area (Å²) >= 11 is 0. The number of rotatable bonds is 6. The lowest BCUT2D eigenvalue weighted by Gasteiger charge is -2.28. The molecule has 0 aliphatic heterocycles. The lowest BCUT2D eigenvalue weighted by atomic mass is 10.0. The van der Waals surface area contributed by atoms with Crippen LogP contribution in [0.15, 0.2) is 48.5 Å². The Bertz CT molecular complexity index is 874. The van der Waals surface area contributed by atoms with E-state index in [-0.39, 0.29) is 5.91 Å². The summed E-state index contributed by atoms with van der Waals surface area (Å²) in [5.74, 6) is 0.0231. The van der Waals surface area contributed by atoms with Crippen LogP contribution in [0, 0.1) is 6.92 Å². The predicted molar refractivity (Wildman–Crippen MR) is 107 cm³/mol. The first-order chi connectivity index (χ1) is 12.1. The lowest BCUT2D eigenvalue weighted by Crippen LogP contribution is -2.45. The van der Waals surface area contributed by atoms with Crippen LogP contribution < -0.4 is 9.62 Å². The molecule has 0 aliphatic rings. The summed E-state index contributed by atoms with van der Waals surface area (Å²) in [6.07, 6.45) is 1.11. The molecule has 6 heteroatoms. The van der Waals surface area contributed by atoms with Gasteiger partial charge in [-0.15, -0.1) is 0 Å². The van der Waals surface area contributed by atoms with Crippen LogP contribution in [0.1, 0.15) is 37.8 Å². The van der Waals surface area contributed by atoms with Crippen LogP contribution in [0.25, 0.3) is 0 Å². The Morgan fingerprint density at radius 2 is 1.65 bits per heavy atom. The van der Waals surface area contributed by atoms with Gasteiger partial charge in [0.15, 0.2) is 0 Å². The topological polar surface area (TPSA) is 66.5 Å². The predicted octanol–water partition coefficient (Wildman–Crippen LogP) is 3.91. The highest BCUT2D eigenvalue weighted by Gasteiger charge is 2.29. The quantitative estimate of drug-likeness (QED) is 0.833. The zero-order valence-corrected chi connectivity index (χ0v) is 16.7. The average Bonchev–Trinajstić information content (AvgIpc) is 2.54. The van der Waals surface area contributed by atoms with Crippen molar-refractivity contribution in [3.63, 3.8) is 0 Å². The molecule has 1 unspecified atom stereocenters. The molecule has 140 valence electrons. The lowest BCUT2D eigenvalue weighted by molar-refractivity contribution is -0.116. The molecule has 1 N–H and O–H groups in total. The van der Waals surface area contributed by atoms with E-state index in [0.29, 0.717) is 17.3 Å². The van der Waals surface area contributed by atoms with Crippen molar-refractivity contribution in [2.75, 3.05) is 15.9 Å². The zero-order valence-electron chi connectivity index (χ0n) is 15.9. The first kappa shape index (κ1) is 20.0. The summed E-state index contributed by atoms with van der Waals surface area (Å²) in [6, 6.07) is 13.8. The Kier molecular flexibility index (Phi) is 6.08. The zero-order chi connectivity index (χ0) is 19.5. The number of amides is 1. The number of anilines is 2. The van der Waals surface area contributed by atoms with E-state index in [1.807, 2.05) is 37.3 Å². The van der Waals surface area contributed by atoms with Crippen molar-refractivity contribution < 1.29 is 13.2 Å². The molecule has 0 spiro atoms. The van der Waals surface area contributed by atoms with E-state index in [2.05, 4.69) is 19.2 Å². The molecule has 0 bridgehead atoms. The number of hydrogen-bond acceptors (Lipinski definition) is 3. The number of benzene rings is 2. The van der Waals surface area contributed by atoms with Crippen LogP contribution in [0.4, 0.5) is 11.4 Å². The Balaban J connectivity index is 2.25. The number of sulfonamides is 1. The third-order valence-electron chi connectivity index (χ3n) is 4.19. The fourth-order valence-electron chi connectivity index (χ4n) is 2.77. The number of carbonyl (C=O) groups excluding carboxylic acids is 1. The molecule has 0 fully saturated rings. The maximum absolute atomic E-state index is 12.7. The molecule has 1 amide bonds. The van der Waals surface area contributed by atoms with Gasteiger partial charge in [-0.25, -0.2) is 8.42 Å². The van der Waals surface area contributed by atoms with E-state index < -0.39 is 16.1 Å². The fourth-order valence-corrected chi connectivity index (χ4v) is 3.94. The molecule has 0 saturated carbocycles. The van der Waals surface area contributed by atoms with Gasteiger partial charge in [0.2, 0.25) is 15.9 Å². The number of nitrogens with zero attached hydrogens (tertiary/aromatic N) is 1. The molecular weight excluding hydrogens is 348 g/mol. The molecule has 2 aromatic rings. The summed E-state index contributed by atoms with van der Waals surface area (Å²) in [6.45, 7) is 7.66. The summed E-state index contributed by atoms with van der Waals surface area (Å²) in [5.41, 5.74) is 3.22. The first-order valence-corrected chi connectivity index (χ1v) is 10.4. The van der Waals surface area contributed by atoms with Gasteiger partial charge in [-0.3, -0.25) is 9.10 Å². The van der Waals surface area contributed by atoms with Crippen molar-refractivity contribution in [3.8, 4) is 0 Å². The van der Waals surface area contributed by atoms with E-state index >= 15 is 0 Å². The summed E-state index contributed by atoms with van der Waals surface area (Å²) in [7, 11) is -3.62. The van der Waals surface area contributed by atoms with E-state index in [0.717, 1.165) is 16.1 Å². The maximum Gasteiger partial charge on any atom is 0.247 e. The van der Waals surface area contributed by atoms with Crippen molar-refractivity contribution in [3.05, 3.63) is 59.7 Å². The SMILES string of the molecule is Cc1cccc(N(C(C)C(=O)Nc2ccc(C(C)C)cc2)S(C)(=O)=O)c1. The van der Waals surface area contributed by atoms with Gasteiger partial charge in [0.1, 0.15) is 6.04 Å². The van der Waals surface area contributed by atoms with Crippen LogP contribution in [-0.4, -0.2) is 26.6 Å². The van der Waals surface area contributed by atoms with E-state index in [9.17, 15) is 13.2 Å². The second-order valence-electron chi connectivity index (χ2n) is 6.84. The van der Waals surface area contributed by atoms with E-state index in [1.165, 1.54) is 5.56 Å². The largest absolute Gasteiger partial charge is 0.324 e. The molecule has 1 atom stereocenters. The van der Waals surface area contributed by atoms with Crippen molar-refractivity contribution in [1.29, 1.82) is 0 Å². The molecule has 0 heterocycles. The molecule has 2 aromatic carbocycles. The van der Waals surface area contributed by atoms with Crippen LogP contribution in [0.2, 0.25) is 0 Å². The van der Waals surface area contributed by atoms with Crippen LogP contribution >= 0.6 is 0 Å². The second kappa shape index (κ2) is 7.91. The van der Waals surface area contributed by atoms with Gasteiger partial charge in [-0.1, -0.05) is 38.1 Å². The summed E-state index contributed by atoms with van der Waals surface area (Å²) < 4.78 is 25.8. The minimum absolute atomic E-state index is 0.380. The highest BCUT2D eigenvalue weighted by Crippen LogP contribution is 2.23. The molecular formula is C20H26N2O3S.